The van der Waals surface area contributed by atoms with Crippen molar-refractivity contribution in [3.8, 4) is 11.3 Å². The number of rotatable bonds is 3. The van der Waals surface area contributed by atoms with Gasteiger partial charge in [-0.1, -0.05) is 30.0 Å². The summed E-state index contributed by atoms with van der Waals surface area (Å²) in [5.41, 5.74) is 4.56. The molecular weight excluding hydrogens is 322 g/mol. The predicted molar refractivity (Wildman–Crippen MR) is 98.8 cm³/mol. The standard InChI is InChI=1S/C18H17N3S2/c1-21(2)10-18-20-15(11-22-18)12-7-8-17-14(9-12)19-13-5-3-4-6-16(13)23-17/h3-9,11,19H,10H2,1-2H3. The van der Waals surface area contributed by atoms with Gasteiger partial charge in [0.05, 0.1) is 17.1 Å². The summed E-state index contributed by atoms with van der Waals surface area (Å²) in [7, 11) is 4.14. The Kier molecular flexibility index (Phi) is 3.85. The molecule has 0 radical (unpaired) electrons. The van der Waals surface area contributed by atoms with E-state index in [0.717, 1.165) is 28.5 Å². The van der Waals surface area contributed by atoms with Crippen molar-refractivity contribution in [2.75, 3.05) is 19.4 Å². The molecule has 3 aromatic rings. The molecule has 1 aromatic heterocycles. The Hall–Kier alpha value is -1.82. The van der Waals surface area contributed by atoms with E-state index in [-0.39, 0.29) is 0 Å². The molecule has 116 valence electrons. The molecule has 0 saturated carbocycles. The van der Waals surface area contributed by atoms with Crippen LogP contribution in [0.25, 0.3) is 11.3 Å². The van der Waals surface area contributed by atoms with Gasteiger partial charge in [0.15, 0.2) is 0 Å². The zero-order chi connectivity index (χ0) is 15.8. The van der Waals surface area contributed by atoms with Crippen LogP contribution in [0.5, 0.6) is 0 Å². The summed E-state index contributed by atoms with van der Waals surface area (Å²) in [5.74, 6) is 0. The van der Waals surface area contributed by atoms with E-state index in [1.54, 1.807) is 11.3 Å². The van der Waals surface area contributed by atoms with Gasteiger partial charge in [0.1, 0.15) is 5.01 Å². The molecule has 0 unspecified atom stereocenters. The zero-order valence-corrected chi connectivity index (χ0v) is 14.7. The van der Waals surface area contributed by atoms with Crippen molar-refractivity contribution in [3.63, 3.8) is 0 Å². The van der Waals surface area contributed by atoms with Gasteiger partial charge >= 0.3 is 0 Å². The molecule has 5 heteroatoms. The lowest BCUT2D eigenvalue weighted by atomic mass is 10.1. The van der Waals surface area contributed by atoms with Gasteiger partial charge in [-0.2, -0.15) is 0 Å². The lowest BCUT2D eigenvalue weighted by Gasteiger charge is -2.21. The van der Waals surface area contributed by atoms with Crippen LogP contribution in [0, 0.1) is 0 Å². The van der Waals surface area contributed by atoms with Crippen LogP contribution >= 0.6 is 23.1 Å². The minimum atomic E-state index is 0.886. The smallest absolute Gasteiger partial charge is 0.107 e. The summed E-state index contributed by atoms with van der Waals surface area (Å²) in [6.07, 6.45) is 0. The first-order valence-corrected chi connectivity index (χ1v) is 9.16. The minimum Gasteiger partial charge on any atom is -0.354 e. The topological polar surface area (TPSA) is 28.2 Å². The van der Waals surface area contributed by atoms with Crippen LogP contribution in [0.15, 0.2) is 57.6 Å². The number of nitrogens with zero attached hydrogens (tertiary/aromatic N) is 2. The number of hydrogen-bond acceptors (Lipinski definition) is 5. The minimum absolute atomic E-state index is 0.886. The zero-order valence-electron chi connectivity index (χ0n) is 13.0. The Morgan fingerprint density at radius 3 is 2.74 bits per heavy atom. The fourth-order valence-electron chi connectivity index (χ4n) is 2.59. The van der Waals surface area contributed by atoms with E-state index in [2.05, 4.69) is 72.2 Å². The normalized spacial score (nSPS) is 12.7. The Bertz CT molecular complexity index is 855. The van der Waals surface area contributed by atoms with Crippen LogP contribution in [-0.2, 0) is 6.54 Å². The van der Waals surface area contributed by atoms with Crippen molar-refractivity contribution in [2.24, 2.45) is 0 Å². The molecule has 4 rings (SSSR count). The average Bonchev–Trinajstić information content (AvgIpc) is 3.00. The van der Waals surface area contributed by atoms with Crippen molar-refractivity contribution in [2.45, 2.75) is 16.3 Å². The number of aromatic nitrogens is 1. The lowest BCUT2D eigenvalue weighted by molar-refractivity contribution is 0.402. The van der Waals surface area contributed by atoms with Gasteiger partial charge in [0, 0.05) is 27.3 Å². The molecule has 0 amide bonds. The molecular formula is C18H17N3S2. The number of para-hydroxylation sites is 1. The van der Waals surface area contributed by atoms with E-state index in [1.165, 1.54) is 15.5 Å². The molecule has 0 atom stereocenters. The first-order valence-electron chi connectivity index (χ1n) is 7.46. The fourth-order valence-corrected chi connectivity index (χ4v) is 4.47. The Balaban J connectivity index is 1.64. The molecule has 2 aromatic carbocycles. The number of fused-ring (bicyclic) bond motifs is 2. The molecule has 1 aliphatic heterocycles. The van der Waals surface area contributed by atoms with Crippen molar-refractivity contribution in [1.82, 2.24) is 9.88 Å². The second-order valence-electron chi connectivity index (χ2n) is 5.80. The van der Waals surface area contributed by atoms with Crippen LogP contribution in [0.4, 0.5) is 11.4 Å². The van der Waals surface area contributed by atoms with Crippen LogP contribution in [-0.4, -0.2) is 24.0 Å². The number of nitrogens with one attached hydrogen (secondary N) is 1. The van der Waals surface area contributed by atoms with Crippen molar-refractivity contribution in [3.05, 3.63) is 52.9 Å². The molecule has 3 nitrogen and oxygen atoms in total. The first-order chi connectivity index (χ1) is 11.2. The monoisotopic (exact) mass is 339 g/mol. The van der Waals surface area contributed by atoms with Gasteiger partial charge in [-0.25, -0.2) is 4.98 Å². The van der Waals surface area contributed by atoms with Crippen LogP contribution < -0.4 is 5.32 Å². The maximum absolute atomic E-state index is 4.76. The summed E-state index contributed by atoms with van der Waals surface area (Å²) in [4.78, 5) is 9.43. The van der Waals surface area contributed by atoms with Crippen LogP contribution in [0.1, 0.15) is 5.01 Å². The SMILES string of the molecule is CN(C)Cc1nc(-c2ccc3c(c2)Nc2ccccc2S3)cs1. The molecule has 0 bridgehead atoms. The van der Waals surface area contributed by atoms with E-state index in [1.807, 2.05) is 11.8 Å². The summed E-state index contributed by atoms with van der Waals surface area (Å²) < 4.78 is 0. The number of hydrogen-bond donors (Lipinski definition) is 1. The van der Waals surface area contributed by atoms with Gasteiger partial charge in [-0.15, -0.1) is 11.3 Å². The molecule has 1 aliphatic rings. The maximum atomic E-state index is 4.76. The van der Waals surface area contributed by atoms with Gasteiger partial charge < -0.3 is 10.2 Å². The largest absolute Gasteiger partial charge is 0.354 e. The quantitative estimate of drug-likeness (QED) is 0.563. The number of anilines is 2. The van der Waals surface area contributed by atoms with Gasteiger partial charge in [-0.3, -0.25) is 0 Å². The fraction of sp³-hybridized carbons (Fsp3) is 0.167. The van der Waals surface area contributed by atoms with Gasteiger partial charge in [0.25, 0.3) is 0 Å². The van der Waals surface area contributed by atoms with E-state index < -0.39 is 0 Å². The highest BCUT2D eigenvalue weighted by atomic mass is 32.2. The summed E-state index contributed by atoms with van der Waals surface area (Å²) in [5, 5.41) is 6.83. The van der Waals surface area contributed by atoms with E-state index in [0.29, 0.717) is 0 Å². The van der Waals surface area contributed by atoms with Gasteiger partial charge in [0.2, 0.25) is 0 Å². The Labute approximate surface area is 144 Å². The summed E-state index contributed by atoms with van der Waals surface area (Å²) in [6.45, 7) is 0.886. The lowest BCUT2D eigenvalue weighted by Crippen LogP contribution is -2.10. The molecule has 23 heavy (non-hydrogen) atoms. The van der Waals surface area contributed by atoms with E-state index in [4.69, 9.17) is 4.98 Å². The second-order valence-corrected chi connectivity index (χ2v) is 7.82. The van der Waals surface area contributed by atoms with Crippen LogP contribution in [0.2, 0.25) is 0 Å². The molecule has 0 aliphatic carbocycles. The first kappa shape index (κ1) is 14.8. The summed E-state index contributed by atoms with van der Waals surface area (Å²) in [6, 6.07) is 15.0. The highest BCUT2D eigenvalue weighted by Gasteiger charge is 2.16. The van der Waals surface area contributed by atoms with E-state index in [9.17, 15) is 0 Å². The highest BCUT2D eigenvalue weighted by Crippen LogP contribution is 2.45. The Morgan fingerprint density at radius 2 is 1.87 bits per heavy atom. The number of thiazole rings is 1. The second kappa shape index (κ2) is 6.00. The van der Waals surface area contributed by atoms with Crippen molar-refractivity contribution >= 4 is 34.5 Å². The maximum Gasteiger partial charge on any atom is 0.107 e. The third-order valence-corrected chi connectivity index (χ3v) is 5.64. The third kappa shape index (κ3) is 3.00. The van der Waals surface area contributed by atoms with Crippen LogP contribution in [0.3, 0.4) is 0 Å². The highest BCUT2D eigenvalue weighted by molar-refractivity contribution is 7.99. The average molecular weight is 339 g/mol. The van der Waals surface area contributed by atoms with E-state index >= 15 is 0 Å². The van der Waals surface area contributed by atoms with Crippen molar-refractivity contribution in [1.29, 1.82) is 0 Å². The summed E-state index contributed by atoms with van der Waals surface area (Å²) >= 11 is 3.53. The molecule has 2 heterocycles. The predicted octanol–water partition coefficient (Wildman–Crippen LogP) is 5.08. The molecule has 1 N–H and O–H groups in total. The molecule has 0 saturated heterocycles. The molecule has 0 fully saturated rings. The van der Waals surface area contributed by atoms with Gasteiger partial charge in [-0.05, 0) is 38.4 Å². The van der Waals surface area contributed by atoms with Crippen molar-refractivity contribution < 1.29 is 0 Å². The Morgan fingerprint density at radius 1 is 1.04 bits per heavy atom. The number of benzene rings is 2. The third-order valence-electron chi connectivity index (χ3n) is 3.65. The molecule has 0 spiro atoms.